The normalized spacial score (nSPS) is 24.0. The summed E-state index contributed by atoms with van der Waals surface area (Å²) in [6.07, 6.45) is 6.15. The largest absolute Gasteiger partial charge is 0.356 e. The number of nitrogens with one attached hydrogen (secondary N) is 1. The Hall–Kier alpha value is -3.08. The molecule has 0 bridgehead atoms. The fraction of sp³-hybridized carbons (Fsp3) is 0.407. The van der Waals surface area contributed by atoms with E-state index in [1.807, 2.05) is 28.0 Å². The van der Waals surface area contributed by atoms with Gasteiger partial charge in [-0.3, -0.25) is 9.59 Å². The Kier molecular flexibility index (Phi) is 4.60. The van der Waals surface area contributed by atoms with Crippen LogP contribution in [0.5, 0.6) is 0 Å². The van der Waals surface area contributed by atoms with E-state index in [4.69, 9.17) is 0 Å². The van der Waals surface area contributed by atoms with Gasteiger partial charge in [0.05, 0.1) is 6.04 Å². The smallest absolute Gasteiger partial charge is 0.246 e. The highest BCUT2D eigenvalue weighted by Crippen LogP contribution is 2.43. The summed E-state index contributed by atoms with van der Waals surface area (Å²) in [4.78, 5) is 34.9. The van der Waals surface area contributed by atoms with E-state index in [2.05, 4.69) is 42.2 Å². The van der Waals surface area contributed by atoms with Crippen molar-refractivity contribution in [2.45, 2.75) is 63.6 Å². The minimum Gasteiger partial charge on any atom is -0.356 e. The van der Waals surface area contributed by atoms with Crippen molar-refractivity contribution >= 4 is 22.7 Å². The molecule has 1 saturated carbocycles. The van der Waals surface area contributed by atoms with Crippen LogP contribution in [0.1, 0.15) is 60.5 Å². The number of aryl methyl sites for hydroxylation is 1. The standard InChI is InChI=1S/C27H29N3O2/c1-17-8-7-9-18(14-17)26-25-21(20-12-5-6-13-22(20)28-25)15-23-27(32)29(16-24(31)30(23)26)19-10-3-2-4-11-19/h5-9,12-14,19,23,26,28H,2-4,10-11,15-16H2,1H3. The maximum Gasteiger partial charge on any atom is 0.246 e. The zero-order valence-corrected chi connectivity index (χ0v) is 18.5. The van der Waals surface area contributed by atoms with E-state index in [0.29, 0.717) is 6.42 Å². The molecule has 5 heteroatoms. The van der Waals surface area contributed by atoms with Crippen molar-refractivity contribution in [3.63, 3.8) is 0 Å². The van der Waals surface area contributed by atoms with Gasteiger partial charge in [-0.05, 0) is 37.0 Å². The predicted molar refractivity (Wildman–Crippen MR) is 124 cm³/mol. The van der Waals surface area contributed by atoms with E-state index in [1.54, 1.807) is 0 Å². The molecule has 2 fully saturated rings. The molecule has 1 aliphatic carbocycles. The van der Waals surface area contributed by atoms with E-state index < -0.39 is 6.04 Å². The Labute approximate surface area is 188 Å². The van der Waals surface area contributed by atoms with Gasteiger partial charge in [0.1, 0.15) is 12.6 Å². The summed E-state index contributed by atoms with van der Waals surface area (Å²) in [5, 5.41) is 1.16. The number of carbonyl (C=O) groups is 2. The van der Waals surface area contributed by atoms with Crippen molar-refractivity contribution < 1.29 is 9.59 Å². The number of para-hydroxylation sites is 1. The summed E-state index contributed by atoms with van der Waals surface area (Å²) in [5.41, 5.74) is 5.52. The van der Waals surface area contributed by atoms with Gasteiger partial charge in [-0.15, -0.1) is 0 Å². The molecule has 3 aromatic rings. The van der Waals surface area contributed by atoms with Crippen LogP contribution >= 0.6 is 0 Å². The Balaban J connectivity index is 1.49. The second kappa shape index (κ2) is 7.51. The molecule has 2 amide bonds. The average Bonchev–Trinajstić information content (AvgIpc) is 3.19. The summed E-state index contributed by atoms with van der Waals surface area (Å²) in [7, 11) is 0. The minimum absolute atomic E-state index is 0.0657. The van der Waals surface area contributed by atoms with Crippen LogP contribution < -0.4 is 0 Å². The summed E-state index contributed by atoms with van der Waals surface area (Å²) >= 11 is 0. The number of nitrogens with zero attached hydrogens (tertiary/aromatic N) is 2. The summed E-state index contributed by atoms with van der Waals surface area (Å²) < 4.78 is 0. The molecule has 32 heavy (non-hydrogen) atoms. The molecule has 6 rings (SSSR count). The Morgan fingerprint density at radius 2 is 1.78 bits per heavy atom. The summed E-state index contributed by atoms with van der Waals surface area (Å²) in [6, 6.07) is 16.1. The number of piperazine rings is 1. The van der Waals surface area contributed by atoms with Gasteiger partial charge >= 0.3 is 0 Å². The molecule has 2 aliphatic heterocycles. The van der Waals surface area contributed by atoms with Crippen LogP contribution in [0.4, 0.5) is 0 Å². The van der Waals surface area contributed by atoms with Crippen molar-refractivity contribution in [2.75, 3.05) is 6.54 Å². The minimum atomic E-state index is -0.435. The van der Waals surface area contributed by atoms with Crippen molar-refractivity contribution in [2.24, 2.45) is 0 Å². The van der Waals surface area contributed by atoms with E-state index in [1.165, 1.54) is 12.0 Å². The number of amides is 2. The highest BCUT2D eigenvalue weighted by Gasteiger charge is 2.49. The number of aromatic amines is 1. The van der Waals surface area contributed by atoms with Gasteiger partial charge in [-0.2, -0.15) is 0 Å². The van der Waals surface area contributed by atoms with E-state index in [0.717, 1.165) is 53.4 Å². The second-order valence-corrected chi connectivity index (χ2v) is 9.66. The molecule has 3 aliphatic rings. The lowest BCUT2D eigenvalue weighted by atomic mass is 9.84. The average molecular weight is 428 g/mol. The maximum absolute atomic E-state index is 13.8. The summed E-state index contributed by atoms with van der Waals surface area (Å²) in [5.74, 6) is 0.195. The third-order valence-corrected chi connectivity index (χ3v) is 7.67. The van der Waals surface area contributed by atoms with Gasteiger partial charge in [-0.1, -0.05) is 67.3 Å². The van der Waals surface area contributed by atoms with E-state index in [9.17, 15) is 9.59 Å². The van der Waals surface area contributed by atoms with Crippen molar-refractivity contribution in [1.29, 1.82) is 0 Å². The lowest BCUT2D eigenvalue weighted by molar-refractivity contribution is -0.161. The van der Waals surface area contributed by atoms with Gasteiger partial charge in [0.25, 0.3) is 0 Å². The number of rotatable bonds is 2. The van der Waals surface area contributed by atoms with Crippen LogP contribution in [-0.4, -0.2) is 45.2 Å². The van der Waals surface area contributed by atoms with Gasteiger partial charge in [0.2, 0.25) is 11.8 Å². The quantitative estimate of drug-likeness (QED) is 0.655. The van der Waals surface area contributed by atoms with Gasteiger partial charge < -0.3 is 14.8 Å². The monoisotopic (exact) mass is 427 g/mol. The zero-order chi connectivity index (χ0) is 21.8. The van der Waals surface area contributed by atoms with Crippen molar-refractivity contribution in [3.8, 4) is 0 Å². The molecule has 2 unspecified atom stereocenters. The molecule has 0 radical (unpaired) electrons. The molecule has 1 aromatic heterocycles. The topological polar surface area (TPSA) is 56.4 Å². The Morgan fingerprint density at radius 1 is 0.969 bits per heavy atom. The molecule has 2 aromatic carbocycles. The predicted octanol–water partition coefficient (Wildman–Crippen LogP) is 4.49. The molecule has 3 heterocycles. The molecule has 2 atom stereocenters. The van der Waals surface area contributed by atoms with Crippen molar-refractivity contribution in [1.82, 2.24) is 14.8 Å². The molecule has 164 valence electrons. The first kappa shape index (κ1) is 19.6. The summed E-state index contributed by atoms with van der Waals surface area (Å²) in [6.45, 7) is 2.28. The molecule has 1 saturated heterocycles. The highest BCUT2D eigenvalue weighted by atomic mass is 16.2. The molecule has 5 nitrogen and oxygen atoms in total. The number of fused-ring (bicyclic) bond motifs is 4. The first-order valence-electron chi connectivity index (χ1n) is 11.9. The maximum atomic E-state index is 13.8. The Bertz CT molecular complexity index is 1210. The molecule has 0 spiro atoms. The number of hydrogen-bond acceptors (Lipinski definition) is 2. The van der Waals surface area contributed by atoms with Crippen LogP contribution in [-0.2, 0) is 16.0 Å². The Morgan fingerprint density at radius 3 is 2.59 bits per heavy atom. The van der Waals surface area contributed by atoms with Gasteiger partial charge in [0.15, 0.2) is 0 Å². The van der Waals surface area contributed by atoms with Crippen LogP contribution in [0.2, 0.25) is 0 Å². The molecular weight excluding hydrogens is 398 g/mol. The number of H-pyrrole nitrogens is 1. The fourth-order valence-electron chi connectivity index (χ4n) is 6.17. The fourth-order valence-corrected chi connectivity index (χ4v) is 6.17. The van der Waals surface area contributed by atoms with Crippen LogP contribution in [0.3, 0.4) is 0 Å². The van der Waals surface area contributed by atoms with Crippen LogP contribution in [0.25, 0.3) is 10.9 Å². The number of hydrogen-bond donors (Lipinski definition) is 1. The lowest BCUT2D eigenvalue weighted by Gasteiger charge is -2.49. The van der Waals surface area contributed by atoms with Crippen LogP contribution in [0, 0.1) is 6.92 Å². The third-order valence-electron chi connectivity index (χ3n) is 7.67. The molecule has 1 N–H and O–H groups in total. The zero-order valence-electron chi connectivity index (χ0n) is 18.5. The number of carbonyl (C=O) groups excluding carboxylic acids is 2. The number of benzene rings is 2. The first-order chi connectivity index (χ1) is 15.6. The van der Waals surface area contributed by atoms with E-state index in [-0.39, 0.29) is 30.4 Å². The van der Waals surface area contributed by atoms with E-state index >= 15 is 0 Å². The number of aromatic nitrogens is 1. The van der Waals surface area contributed by atoms with Gasteiger partial charge in [-0.25, -0.2) is 0 Å². The van der Waals surface area contributed by atoms with Crippen LogP contribution in [0.15, 0.2) is 48.5 Å². The highest BCUT2D eigenvalue weighted by molar-refractivity contribution is 5.97. The van der Waals surface area contributed by atoms with Crippen molar-refractivity contribution in [3.05, 3.63) is 70.9 Å². The first-order valence-corrected chi connectivity index (χ1v) is 11.9. The third kappa shape index (κ3) is 2.98. The second-order valence-electron chi connectivity index (χ2n) is 9.66. The van der Waals surface area contributed by atoms with Gasteiger partial charge in [0, 0.05) is 29.1 Å². The lowest BCUT2D eigenvalue weighted by Crippen LogP contribution is -2.65. The molecular formula is C27H29N3O2. The SMILES string of the molecule is Cc1cccc(C2c3[nH]c4ccccc4c3CC3C(=O)N(C4CCCCC4)CC(=O)N32)c1.